The molecule has 0 fully saturated rings. The SMILES string of the molecule is Nc1ccc(-c2ccc3oc4cc(C=O)ccc4c3c2)cc1N. The van der Waals surface area contributed by atoms with E-state index in [-0.39, 0.29) is 0 Å². The van der Waals surface area contributed by atoms with Crippen molar-refractivity contribution in [1.82, 2.24) is 0 Å². The summed E-state index contributed by atoms with van der Waals surface area (Å²) in [6.45, 7) is 0. The second kappa shape index (κ2) is 4.88. The van der Waals surface area contributed by atoms with Gasteiger partial charge in [-0.05, 0) is 47.5 Å². The fourth-order valence-electron chi connectivity index (χ4n) is 2.80. The second-order valence-electron chi connectivity index (χ2n) is 5.53. The van der Waals surface area contributed by atoms with Gasteiger partial charge < -0.3 is 15.9 Å². The van der Waals surface area contributed by atoms with E-state index in [0.29, 0.717) is 22.5 Å². The first-order valence-corrected chi connectivity index (χ1v) is 7.22. The van der Waals surface area contributed by atoms with E-state index in [2.05, 4.69) is 6.07 Å². The summed E-state index contributed by atoms with van der Waals surface area (Å²) in [5.41, 5.74) is 16.9. The molecule has 1 aromatic heterocycles. The van der Waals surface area contributed by atoms with Crippen molar-refractivity contribution in [2.45, 2.75) is 0 Å². The van der Waals surface area contributed by atoms with Gasteiger partial charge >= 0.3 is 0 Å². The van der Waals surface area contributed by atoms with Crippen LogP contribution in [0.4, 0.5) is 11.4 Å². The standard InChI is InChI=1S/C19H14N2O2/c20-16-5-2-13(9-17(16)21)12-3-6-18-15(8-12)14-4-1-11(10-22)7-19(14)23-18/h1-10H,20-21H2. The summed E-state index contributed by atoms with van der Waals surface area (Å²) in [6, 6.07) is 17.0. The van der Waals surface area contributed by atoms with Crippen LogP contribution < -0.4 is 11.5 Å². The summed E-state index contributed by atoms with van der Waals surface area (Å²) >= 11 is 0. The molecule has 4 aromatic rings. The molecule has 1 heterocycles. The monoisotopic (exact) mass is 302 g/mol. The van der Waals surface area contributed by atoms with Crippen molar-refractivity contribution in [2.24, 2.45) is 0 Å². The largest absolute Gasteiger partial charge is 0.456 e. The fraction of sp³-hybridized carbons (Fsp3) is 0. The smallest absolute Gasteiger partial charge is 0.150 e. The molecule has 0 bridgehead atoms. The van der Waals surface area contributed by atoms with Crippen LogP contribution in [0.15, 0.2) is 59.0 Å². The Morgan fingerprint density at radius 1 is 0.739 bits per heavy atom. The molecule has 3 aromatic carbocycles. The molecule has 4 heteroatoms. The highest BCUT2D eigenvalue weighted by atomic mass is 16.3. The maximum absolute atomic E-state index is 10.9. The van der Waals surface area contributed by atoms with E-state index >= 15 is 0 Å². The summed E-state index contributed by atoms with van der Waals surface area (Å²) in [5.74, 6) is 0. The van der Waals surface area contributed by atoms with Crippen LogP contribution in [0, 0.1) is 0 Å². The van der Waals surface area contributed by atoms with E-state index in [1.807, 2.05) is 30.3 Å². The normalized spacial score (nSPS) is 11.1. The lowest BCUT2D eigenvalue weighted by molar-refractivity contribution is 0.112. The summed E-state index contributed by atoms with van der Waals surface area (Å²) in [5, 5.41) is 1.99. The van der Waals surface area contributed by atoms with E-state index in [1.54, 1.807) is 18.2 Å². The van der Waals surface area contributed by atoms with E-state index in [1.165, 1.54) is 0 Å². The predicted molar refractivity (Wildman–Crippen MR) is 93.4 cm³/mol. The van der Waals surface area contributed by atoms with Crippen molar-refractivity contribution < 1.29 is 9.21 Å². The lowest BCUT2D eigenvalue weighted by Crippen LogP contribution is -1.94. The molecule has 0 aliphatic heterocycles. The van der Waals surface area contributed by atoms with Crippen molar-refractivity contribution in [3.05, 3.63) is 60.2 Å². The number of furan rings is 1. The van der Waals surface area contributed by atoms with Gasteiger partial charge in [0.2, 0.25) is 0 Å². The van der Waals surface area contributed by atoms with Gasteiger partial charge in [0.25, 0.3) is 0 Å². The van der Waals surface area contributed by atoms with Gasteiger partial charge in [-0.1, -0.05) is 18.2 Å². The lowest BCUT2D eigenvalue weighted by atomic mass is 10.0. The van der Waals surface area contributed by atoms with Gasteiger partial charge in [0.1, 0.15) is 17.5 Å². The van der Waals surface area contributed by atoms with Crippen LogP contribution >= 0.6 is 0 Å². The third-order valence-electron chi connectivity index (χ3n) is 4.05. The molecule has 0 saturated carbocycles. The summed E-state index contributed by atoms with van der Waals surface area (Å²) in [7, 11) is 0. The number of carbonyl (C=O) groups excluding carboxylic acids is 1. The number of carbonyl (C=O) groups is 1. The van der Waals surface area contributed by atoms with Crippen LogP contribution in [0.3, 0.4) is 0 Å². The van der Waals surface area contributed by atoms with Crippen LogP contribution in [-0.4, -0.2) is 6.29 Å². The minimum atomic E-state index is 0.565. The summed E-state index contributed by atoms with van der Waals surface area (Å²) in [6.07, 6.45) is 0.815. The van der Waals surface area contributed by atoms with Crippen LogP contribution in [-0.2, 0) is 0 Å². The third kappa shape index (κ3) is 2.12. The molecule has 0 amide bonds. The van der Waals surface area contributed by atoms with Gasteiger partial charge in [0.15, 0.2) is 0 Å². The van der Waals surface area contributed by atoms with Crippen molar-refractivity contribution in [2.75, 3.05) is 11.5 Å². The minimum absolute atomic E-state index is 0.565. The zero-order valence-corrected chi connectivity index (χ0v) is 12.2. The molecular weight excluding hydrogens is 288 g/mol. The minimum Gasteiger partial charge on any atom is -0.456 e. The van der Waals surface area contributed by atoms with Crippen LogP contribution in [0.25, 0.3) is 33.1 Å². The summed E-state index contributed by atoms with van der Waals surface area (Å²) < 4.78 is 5.83. The fourth-order valence-corrected chi connectivity index (χ4v) is 2.80. The highest BCUT2D eigenvalue weighted by Gasteiger charge is 2.09. The van der Waals surface area contributed by atoms with Crippen LogP contribution in [0.5, 0.6) is 0 Å². The Kier molecular flexibility index (Phi) is 2.84. The number of hydrogen-bond donors (Lipinski definition) is 2. The third-order valence-corrected chi connectivity index (χ3v) is 4.05. The predicted octanol–water partition coefficient (Wildman–Crippen LogP) is 4.23. The Balaban J connectivity index is 1.94. The zero-order valence-electron chi connectivity index (χ0n) is 12.2. The Hall–Kier alpha value is -3.27. The number of nitrogens with two attached hydrogens (primary N) is 2. The molecule has 0 radical (unpaired) electrons. The number of fused-ring (bicyclic) bond motifs is 3. The molecule has 23 heavy (non-hydrogen) atoms. The van der Waals surface area contributed by atoms with E-state index < -0.39 is 0 Å². The maximum Gasteiger partial charge on any atom is 0.150 e. The zero-order chi connectivity index (χ0) is 16.0. The molecule has 0 saturated heterocycles. The van der Waals surface area contributed by atoms with Gasteiger partial charge in [-0.2, -0.15) is 0 Å². The highest BCUT2D eigenvalue weighted by Crippen LogP contribution is 2.33. The van der Waals surface area contributed by atoms with Crippen molar-refractivity contribution >= 4 is 39.6 Å². The number of anilines is 2. The molecule has 0 unspecified atom stereocenters. The molecule has 0 spiro atoms. The second-order valence-corrected chi connectivity index (χ2v) is 5.53. The number of aldehydes is 1. The molecule has 0 atom stereocenters. The lowest BCUT2D eigenvalue weighted by Gasteiger charge is -2.05. The molecule has 4 rings (SSSR count). The van der Waals surface area contributed by atoms with Gasteiger partial charge in [-0.25, -0.2) is 0 Å². The van der Waals surface area contributed by atoms with Crippen molar-refractivity contribution in [3.63, 3.8) is 0 Å². The quantitative estimate of drug-likeness (QED) is 0.429. The molecule has 0 aliphatic rings. The van der Waals surface area contributed by atoms with Gasteiger partial charge in [0.05, 0.1) is 11.4 Å². The number of nitrogen functional groups attached to an aromatic ring is 2. The Morgan fingerprint density at radius 2 is 1.52 bits per heavy atom. The number of rotatable bonds is 2. The van der Waals surface area contributed by atoms with Gasteiger partial charge in [-0.3, -0.25) is 4.79 Å². The maximum atomic E-state index is 10.9. The molecule has 4 N–H and O–H groups in total. The molecule has 112 valence electrons. The average Bonchev–Trinajstić information content (AvgIpc) is 2.94. The molecule has 0 aliphatic carbocycles. The first-order valence-electron chi connectivity index (χ1n) is 7.22. The number of hydrogen-bond acceptors (Lipinski definition) is 4. The van der Waals surface area contributed by atoms with Gasteiger partial charge in [-0.15, -0.1) is 0 Å². The van der Waals surface area contributed by atoms with E-state index in [9.17, 15) is 4.79 Å². The Labute approximate surface area is 132 Å². The molecule has 4 nitrogen and oxygen atoms in total. The highest BCUT2D eigenvalue weighted by molar-refractivity contribution is 6.07. The van der Waals surface area contributed by atoms with E-state index in [0.717, 1.165) is 33.8 Å². The summed E-state index contributed by atoms with van der Waals surface area (Å²) in [4.78, 5) is 10.9. The van der Waals surface area contributed by atoms with Crippen LogP contribution in [0.2, 0.25) is 0 Å². The average molecular weight is 302 g/mol. The molecular formula is C19H14N2O2. The number of benzene rings is 3. The Bertz CT molecular complexity index is 1060. The first kappa shape index (κ1) is 13.4. The van der Waals surface area contributed by atoms with Crippen molar-refractivity contribution in [3.8, 4) is 11.1 Å². The van der Waals surface area contributed by atoms with Gasteiger partial charge in [0, 0.05) is 16.3 Å². The topological polar surface area (TPSA) is 82.2 Å². The van der Waals surface area contributed by atoms with E-state index in [4.69, 9.17) is 15.9 Å². The Morgan fingerprint density at radius 3 is 2.30 bits per heavy atom. The first-order chi connectivity index (χ1) is 11.2. The van der Waals surface area contributed by atoms with Crippen LogP contribution in [0.1, 0.15) is 10.4 Å². The van der Waals surface area contributed by atoms with Crippen molar-refractivity contribution in [1.29, 1.82) is 0 Å².